The van der Waals surface area contributed by atoms with Gasteiger partial charge in [-0.15, -0.1) is 0 Å². The number of esters is 2. The first-order valence-electron chi connectivity index (χ1n) is 11.7. The molecule has 10 nitrogen and oxygen atoms in total. The van der Waals surface area contributed by atoms with Crippen molar-refractivity contribution >= 4 is 11.9 Å². The van der Waals surface area contributed by atoms with E-state index in [-0.39, 0.29) is 38.1 Å². The molecule has 4 rings (SSSR count). The second-order valence-corrected chi connectivity index (χ2v) is 8.33. The molecule has 0 aromatic rings. The van der Waals surface area contributed by atoms with Gasteiger partial charge in [-0.05, 0) is 13.8 Å². The van der Waals surface area contributed by atoms with Crippen LogP contribution in [0.3, 0.4) is 0 Å². The fraction of sp³-hybridized carbons (Fsp3) is 0.909. The Kier molecular flexibility index (Phi) is 9.58. The summed E-state index contributed by atoms with van der Waals surface area (Å²) in [6.45, 7) is 6.23. The van der Waals surface area contributed by atoms with Gasteiger partial charge in [0.05, 0.1) is 65.4 Å². The SMILES string of the molecule is CCOC(=O)C(F)(F)C1CC2(CCO1)OCCO2.CCOC(=O)CC1CC2(CCO1)OCCO2. The molecule has 0 N–H and O–H groups in total. The monoisotopic (exact) mass is 496 g/mol. The topological polar surface area (TPSA) is 108 Å². The summed E-state index contributed by atoms with van der Waals surface area (Å²) in [5.41, 5.74) is 0. The average molecular weight is 497 g/mol. The molecule has 196 valence electrons. The highest BCUT2D eigenvalue weighted by Gasteiger charge is 2.56. The first-order chi connectivity index (χ1) is 16.2. The summed E-state index contributed by atoms with van der Waals surface area (Å²) >= 11 is 0. The van der Waals surface area contributed by atoms with Gasteiger partial charge in [-0.2, -0.15) is 8.78 Å². The lowest BCUT2D eigenvalue weighted by molar-refractivity contribution is -0.258. The third-order valence-corrected chi connectivity index (χ3v) is 5.95. The van der Waals surface area contributed by atoms with Crippen LogP contribution in [0.1, 0.15) is 46.0 Å². The summed E-state index contributed by atoms with van der Waals surface area (Å²) in [4.78, 5) is 22.6. The van der Waals surface area contributed by atoms with Crippen molar-refractivity contribution < 1.29 is 56.3 Å². The molecular weight excluding hydrogens is 462 g/mol. The molecular formula is C22H34F2O10. The molecule has 12 heteroatoms. The lowest BCUT2D eigenvalue weighted by Gasteiger charge is -2.38. The molecule has 4 heterocycles. The highest BCUT2D eigenvalue weighted by molar-refractivity contribution is 5.78. The van der Waals surface area contributed by atoms with Crippen LogP contribution in [0.2, 0.25) is 0 Å². The second kappa shape index (κ2) is 12.0. The van der Waals surface area contributed by atoms with Crippen molar-refractivity contribution in [2.24, 2.45) is 0 Å². The third-order valence-electron chi connectivity index (χ3n) is 5.95. The predicted octanol–water partition coefficient (Wildman–Crippen LogP) is 1.97. The van der Waals surface area contributed by atoms with Gasteiger partial charge < -0.3 is 37.9 Å². The van der Waals surface area contributed by atoms with Gasteiger partial charge in [-0.1, -0.05) is 0 Å². The Morgan fingerprint density at radius 1 is 0.824 bits per heavy atom. The Bertz CT molecular complexity index is 677. The van der Waals surface area contributed by atoms with E-state index in [4.69, 9.17) is 33.2 Å². The molecule has 0 aliphatic carbocycles. The summed E-state index contributed by atoms with van der Waals surface area (Å²) in [7, 11) is 0. The molecule has 4 aliphatic rings. The highest BCUT2D eigenvalue weighted by Crippen LogP contribution is 2.39. The number of alkyl halides is 2. The zero-order chi connectivity index (χ0) is 24.7. The Morgan fingerprint density at radius 2 is 1.35 bits per heavy atom. The number of rotatable bonds is 6. The van der Waals surface area contributed by atoms with Crippen LogP contribution < -0.4 is 0 Å². The number of carbonyl (C=O) groups excluding carboxylic acids is 2. The molecule has 4 aliphatic heterocycles. The van der Waals surface area contributed by atoms with Gasteiger partial charge in [0, 0.05) is 25.7 Å². The van der Waals surface area contributed by atoms with E-state index in [1.165, 1.54) is 6.92 Å². The van der Waals surface area contributed by atoms with Crippen molar-refractivity contribution in [1.82, 2.24) is 0 Å². The van der Waals surface area contributed by atoms with Gasteiger partial charge in [0.1, 0.15) is 6.10 Å². The largest absolute Gasteiger partial charge is 0.466 e. The van der Waals surface area contributed by atoms with Crippen LogP contribution in [0, 0.1) is 0 Å². The Morgan fingerprint density at radius 3 is 1.91 bits per heavy atom. The van der Waals surface area contributed by atoms with Gasteiger partial charge in [-0.25, -0.2) is 4.79 Å². The van der Waals surface area contributed by atoms with Crippen molar-refractivity contribution in [3.05, 3.63) is 0 Å². The molecule has 0 radical (unpaired) electrons. The van der Waals surface area contributed by atoms with Crippen molar-refractivity contribution in [2.45, 2.75) is 75.7 Å². The van der Waals surface area contributed by atoms with E-state index in [0.717, 1.165) is 6.42 Å². The summed E-state index contributed by atoms with van der Waals surface area (Å²) in [6.07, 6.45) is 0.149. The zero-order valence-corrected chi connectivity index (χ0v) is 19.7. The summed E-state index contributed by atoms with van der Waals surface area (Å²) < 4.78 is 69.3. The Hall–Kier alpha value is -1.44. The minimum atomic E-state index is -3.68. The third kappa shape index (κ3) is 6.82. The van der Waals surface area contributed by atoms with E-state index in [2.05, 4.69) is 4.74 Å². The maximum atomic E-state index is 13.8. The maximum Gasteiger partial charge on any atom is 0.379 e. The van der Waals surface area contributed by atoms with Crippen molar-refractivity contribution in [3.8, 4) is 0 Å². The van der Waals surface area contributed by atoms with Gasteiger partial charge in [-0.3, -0.25) is 4.79 Å². The minimum absolute atomic E-state index is 0.0691. The Balaban J connectivity index is 0.000000192. The van der Waals surface area contributed by atoms with E-state index in [9.17, 15) is 18.4 Å². The smallest absolute Gasteiger partial charge is 0.379 e. The molecule has 0 aromatic carbocycles. The molecule has 34 heavy (non-hydrogen) atoms. The van der Waals surface area contributed by atoms with Crippen LogP contribution in [-0.2, 0) is 47.5 Å². The summed E-state index contributed by atoms with van der Waals surface area (Å²) in [5, 5.41) is 0. The van der Waals surface area contributed by atoms with Crippen LogP contribution in [0.5, 0.6) is 0 Å². The van der Waals surface area contributed by atoms with E-state index in [0.29, 0.717) is 52.5 Å². The standard InChI is InChI=1S/C11H16F2O5.C11H18O5/c1-2-15-9(14)11(12,13)8-7-10(3-4-16-8)17-5-6-18-10;1-2-13-10(12)7-9-8-11(3-4-14-9)15-5-6-16-11/h8H,2-7H2,1H3;9H,2-8H2,1H3. The molecule has 2 unspecified atom stereocenters. The first kappa shape index (κ1) is 27.2. The normalized spacial score (nSPS) is 27.8. The van der Waals surface area contributed by atoms with E-state index < -0.39 is 29.6 Å². The van der Waals surface area contributed by atoms with Crippen molar-refractivity contribution in [1.29, 1.82) is 0 Å². The molecule has 0 aromatic heterocycles. The van der Waals surface area contributed by atoms with Gasteiger partial charge in [0.15, 0.2) is 11.6 Å². The van der Waals surface area contributed by atoms with E-state index in [1.54, 1.807) is 6.92 Å². The number of carbonyl (C=O) groups is 2. The lowest BCUT2D eigenvalue weighted by Crippen LogP contribution is -2.52. The maximum absolute atomic E-state index is 13.8. The van der Waals surface area contributed by atoms with E-state index in [1.807, 2.05) is 0 Å². The van der Waals surface area contributed by atoms with Gasteiger partial charge in [0.25, 0.3) is 0 Å². The summed E-state index contributed by atoms with van der Waals surface area (Å²) in [5.74, 6) is -7.00. The first-order valence-corrected chi connectivity index (χ1v) is 11.7. The number of halogens is 2. The molecule has 0 saturated carbocycles. The van der Waals surface area contributed by atoms with Crippen LogP contribution >= 0.6 is 0 Å². The predicted molar refractivity (Wildman–Crippen MR) is 110 cm³/mol. The average Bonchev–Trinajstić information content (AvgIpc) is 3.44. The minimum Gasteiger partial charge on any atom is -0.466 e. The molecule has 2 atom stereocenters. The van der Waals surface area contributed by atoms with Crippen LogP contribution in [0.4, 0.5) is 8.78 Å². The fourth-order valence-electron chi connectivity index (χ4n) is 4.34. The van der Waals surface area contributed by atoms with Gasteiger partial charge in [0.2, 0.25) is 0 Å². The fourth-order valence-corrected chi connectivity index (χ4v) is 4.34. The van der Waals surface area contributed by atoms with E-state index >= 15 is 0 Å². The summed E-state index contributed by atoms with van der Waals surface area (Å²) in [6, 6.07) is 0. The molecule has 2 spiro atoms. The van der Waals surface area contributed by atoms with Crippen LogP contribution in [0.15, 0.2) is 0 Å². The van der Waals surface area contributed by atoms with Crippen molar-refractivity contribution in [2.75, 3.05) is 52.9 Å². The lowest BCUT2D eigenvalue weighted by atomic mass is 9.97. The van der Waals surface area contributed by atoms with Gasteiger partial charge >= 0.3 is 17.9 Å². The zero-order valence-electron chi connectivity index (χ0n) is 19.7. The molecule has 0 bridgehead atoms. The highest BCUT2D eigenvalue weighted by atomic mass is 19.3. The van der Waals surface area contributed by atoms with Crippen molar-refractivity contribution in [3.63, 3.8) is 0 Å². The van der Waals surface area contributed by atoms with Crippen LogP contribution in [0.25, 0.3) is 0 Å². The quantitative estimate of drug-likeness (QED) is 0.507. The second-order valence-electron chi connectivity index (χ2n) is 8.33. The molecule has 4 fully saturated rings. The molecule has 4 saturated heterocycles. The molecule has 0 amide bonds. The van der Waals surface area contributed by atoms with Crippen LogP contribution in [-0.4, -0.2) is 94.5 Å². The number of hydrogen-bond acceptors (Lipinski definition) is 10. The Labute approximate surface area is 197 Å². The number of ether oxygens (including phenoxy) is 8. The number of hydrogen-bond donors (Lipinski definition) is 0.